The van der Waals surface area contributed by atoms with Crippen LogP contribution in [0.3, 0.4) is 0 Å². The fraction of sp³-hybridized carbons (Fsp3) is 0.733. The van der Waals surface area contributed by atoms with Crippen LogP contribution in [0.4, 0.5) is 0 Å². The zero-order chi connectivity index (χ0) is 13.8. The van der Waals surface area contributed by atoms with Crippen LogP contribution in [0.1, 0.15) is 38.5 Å². The highest BCUT2D eigenvalue weighted by Crippen LogP contribution is 2.52. The van der Waals surface area contributed by atoms with E-state index < -0.39 is 0 Å². The maximum Gasteiger partial charge on any atom is 0.232 e. The number of piperidine rings is 1. The van der Waals surface area contributed by atoms with Crippen LogP contribution in [0.25, 0.3) is 0 Å². The van der Waals surface area contributed by atoms with E-state index in [0.717, 1.165) is 23.5 Å². The number of nitrogens with one attached hydrogen (secondary N) is 1. The van der Waals surface area contributed by atoms with Gasteiger partial charge in [-0.3, -0.25) is 0 Å². The van der Waals surface area contributed by atoms with Crippen molar-refractivity contribution in [2.75, 3.05) is 19.7 Å². The Morgan fingerprint density at radius 2 is 2.05 bits per heavy atom. The van der Waals surface area contributed by atoms with Crippen molar-refractivity contribution in [3.63, 3.8) is 0 Å². The van der Waals surface area contributed by atoms with Crippen LogP contribution in [0.2, 0.25) is 0 Å². The molecule has 3 rings (SSSR count). The monoisotopic (exact) mass is 339 g/mol. The Bertz CT molecular complexity index is 423. The average Bonchev–Trinajstić information content (AvgIpc) is 2.44. The molecule has 1 N–H and O–H groups in total. The quantitative estimate of drug-likeness (QED) is 0.837. The van der Waals surface area contributed by atoms with E-state index in [1.165, 1.54) is 45.2 Å². The molecule has 1 aliphatic carbocycles. The molecule has 5 heteroatoms. The van der Waals surface area contributed by atoms with Crippen molar-refractivity contribution in [3.05, 3.63) is 17.0 Å². The summed E-state index contributed by atoms with van der Waals surface area (Å²) < 4.78 is 6.35. The van der Waals surface area contributed by atoms with Crippen molar-refractivity contribution in [2.45, 2.75) is 38.5 Å². The summed E-state index contributed by atoms with van der Waals surface area (Å²) in [6.07, 6.45) is 11.4. The first-order chi connectivity index (χ1) is 9.76. The molecular weight excluding hydrogens is 318 g/mol. The van der Waals surface area contributed by atoms with Crippen molar-refractivity contribution in [2.24, 2.45) is 11.3 Å². The second-order valence-electron chi connectivity index (χ2n) is 6.19. The van der Waals surface area contributed by atoms with E-state index in [0.29, 0.717) is 11.3 Å². The summed E-state index contributed by atoms with van der Waals surface area (Å²) in [6, 6.07) is 0. The molecule has 1 saturated heterocycles. The minimum Gasteiger partial charge on any atom is -0.477 e. The van der Waals surface area contributed by atoms with Gasteiger partial charge >= 0.3 is 0 Å². The molecule has 1 spiro atoms. The molecule has 1 aliphatic heterocycles. The first kappa shape index (κ1) is 14.3. The Hall–Kier alpha value is -0.680. The summed E-state index contributed by atoms with van der Waals surface area (Å²) in [5.41, 5.74) is 0.702. The van der Waals surface area contributed by atoms with Gasteiger partial charge in [0, 0.05) is 0 Å². The standard InChI is InChI=1S/C15H22BrN3O/c16-13-10-19-14(11-18-13)20-7-1-2-12-8-15(9-12)3-5-17-6-4-15/h10-12,17H,1-9H2. The molecule has 110 valence electrons. The van der Waals surface area contributed by atoms with Crippen molar-refractivity contribution in [1.82, 2.24) is 15.3 Å². The fourth-order valence-corrected chi connectivity index (χ4v) is 3.86. The Morgan fingerprint density at radius 3 is 2.75 bits per heavy atom. The summed E-state index contributed by atoms with van der Waals surface area (Å²) in [7, 11) is 0. The van der Waals surface area contributed by atoms with Gasteiger partial charge in [0.15, 0.2) is 0 Å². The first-order valence-electron chi connectivity index (χ1n) is 7.57. The van der Waals surface area contributed by atoms with Gasteiger partial charge in [-0.15, -0.1) is 0 Å². The van der Waals surface area contributed by atoms with Crippen LogP contribution >= 0.6 is 15.9 Å². The second-order valence-corrected chi connectivity index (χ2v) is 7.00. The van der Waals surface area contributed by atoms with Gasteiger partial charge in [0.2, 0.25) is 5.88 Å². The largest absolute Gasteiger partial charge is 0.477 e. The zero-order valence-electron chi connectivity index (χ0n) is 11.8. The highest BCUT2D eigenvalue weighted by Gasteiger charge is 2.43. The maximum atomic E-state index is 5.61. The number of halogens is 1. The summed E-state index contributed by atoms with van der Waals surface area (Å²) in [5.74, 6) is 1.55. The number of hydrogen-bond acceptors (Lipinski definition) is 4. The maximum absolute atomic E-state index is 5.61. The van der Waals surface area contributed by atoms with E-state index >= 15 is 0 Å². The number of ether oxygens (including phenoxy) is 1. The topological polar surface area (TPSA) is 47.0 Å². The molecule has 0 amide bonds. The van der Waals surface area contributed by atoms with E-state index in [9.17, 15) is 0 Å². The lowest BCUT2D eigenvalue weighted by molar-refractivity contribution is 0.0148. The highest BCUT2D eigenvalue weighted by molar-refractivity contribution is 9.10. The Kier molecular flexibility index (Phi) is 4.56. The van der Waals surface area contributed by atoms with Crippen LogP contribution in [-0.4, -0.2) is 29.7 Å². The summed E-state index contributed by atoms with van der Waals surface area (Å²) in [4.78, 5) is 8.26. The third kappa shape index (κ3) is 3.50. The Labute approximate surface area is 128 Å². The molecule has 1 aromatic heterocycles. The third-order valence-corrected chi connectivity index (χ3v) is 5.12. The zero-order valence-corrected chi connectivity index (χ0v) is 13.4. The highest BCUT2D eigenvalue weighted by atomic mass is 79.9. The van der Waals surface area contributed by atoms with Crippen LogP contribution in [0.15, 0.2) is 17.0 Å². The molecule has 0 bridgehead atoms. The van der Waals surface area contributed by atoms with Gasteiger partial charge in [-0.25, -0.2) is 9.97 Å². The van der Waals surface area contributed by atoms with Crippen LogP contribution in [0, 0.1) is 11.3 Å². The van der Waals surface area contributed by atoms with E-state index in [4.69, 9.17) is 4.74 Å². The van der Waals surface area contributed by atoms with E-state index in [2.05, 4.69) is 31.2 Å². The van der Waals surface area contributed by atoms with Crippen molar-refractivity contribution in [1.29, 1.82) is 0 Å². The molecule has 20 heavy (non-hydrogen) atoms. The Balaban J connectivity index is 1.30. The molecule has 2 heterocycles. The minimum absolute atomic E-state index is 0.622. The van der Waals surface area contributed by atoms with Gasteiger partial charge in [-0.1, -0.05) is 0 Å². The number of hydrogen-bond donors (Lipinski definition) is 1. The number of aromatic nitrogens is 2. The normalized spacial score (nSPS) is 21.6. The predicted octanol–water partition coefficient (Wildman–Crippen LogP) is 3.18. The average molecular weight is 340 g/mol. The minimum atomic E-state index is 0.622. The molecular formula is C15H22BrN3O. The van der Waals surface area contributed by atoms with Crippen LogP contribution in [-0.2, 0) is 0 Å². The van der Waals surface area contributed by atoms with Crippen molar-refractivity contribution < 1.29 is 4.74 Å². The van der Waals surface area contributed by atoms with E-state index in [1.54, 1.807) is 12.4 Å². The lowest BCUT2D eigenvalue weighted by atomic mass is 9.57. The number of nitrogens with zero attached hydrogens (tertiary/aromatic N) is 2. The van der Waals surface area contributed by atoms with Gasteiger partial charge < -0.3 is 10.1 Å². The summed E-state index contributed by atoms with van der Waals surface area (Å²) >= 11 is 3.26. The Morgan fingerprint density at radius 1 is 1.25 bits per heavy atom. The second kappa shape index (κ2) is 6.39. The molecule has 1 aromatic rings. The number of rotatable bonds is 5. The van der Waals surface area contributed by atoms with E-state index in [1.807, 2.05) is 0 Å². The third-order valence-electron chi connectivity index (χ3n) is 4.71. The van der Waals surface area contributed by atoms with Crippen LogP contribution < -0.4 is 10.1 Å². The summed E-state index contributed by atoms with van der Waals surface area (Å²) in [5, 5.41) is 3.46. The molecule has 2 aliphatic rings. The molecule has 0 atom stereocenters. The fourth-order valence-electron chi connectivity index (χ4n) is 3.66. The van der Waals surface area contributed by atoms with Gasteiger partial charge in [0.25, 0.3) is 0 Å². The van der Waals surface area contributed by atoms with Crippen molar-refractivity contribution in [3.8, 4) is 5.88 Å². The molecule has 4 nitrogen and oxygen atoms in total. The molecule has 0 radical (unpaired) electrons. The van der Waals surface area contributed by atoms with Gasteiger partial charge in [-0.2, -0.15) is 0 Å². The van der Waals surface area contributed by atoms with Crippen LogP contribution in [0.5, 0.6) is 5.88 Å². The van der Waals surface area contributed by atoms with E-state index in [-0.39, 0.29) is 0 Å². The van der Waals surface area contributed by atoms with Gasteiger partial charge in [-0.05, 0) is 78.9 Å². The smallest absolute Gasteiger partial charge is 0.232 e. The van der Waals surface area contributed by atoms with Gasteiger partial charge in [0.05, 0.1) is 19.0 Å². The lowest BCUT2D eigenvalue weighted by Gasteiger charge is -2.50. The molecule has 2 fully saturated rings. The molecule has 0 unspecified atom stereocenters. The van der Waals surface area contributed by atoms with Crippen molar-refractivity contribution >= 4 is 15.9 Å². The first-order valence-corrected chi connectivity index (χ1v) is 8.36. The summed E-state index contributed by atoms with van der Waals surface area (Å²) in [6.45, 7) is 3.19. The SMILES string of the molecule is Brc1cnc(OCCCC2CC3(CCNCC3)C2)cn1. The lowest BCUT2D eigenvalue weighted by Crippen LogP contribution is -2.45. The predicted molar refractivity (Wildman–Crippen MR) is 81.7 cm³/mol. The molecule has 1 saturated carbocycles. The molecule has 0 aromatic carbocycles. The van der Waals surface area contributed by atoms with Gasteiger partial charge in [0.1, 0.15) is 4.60 Å².